The Morgan fingerprint density at radius 3 is 2.10 bits per heavy atom. The SMILES string of the molecule is CN(C)c1ccc(/C=C/C(=O)c2ccc(NC(=O)c3cc(CN4C(=O)c5ccccc5C4=O)ccc3O)cc2)cc1. The predicted octanol–water partition coefficient (Wildman–Crippen LogP) is 5.40. The molecule has 0 saturated heterocycles. The van der Waals surface area contributed by atoms with Crippen molar-refractivity contribution in [2.45, 2.75) is 6.54 Å². The largest absolute Gasteiger partial charge is 0.507 e. The van der Waals surface area contributed by atoms with E-state index in [1.165, 1.54) is 18.2 Å². The van der Waals surface area contributed by atoms with Crippen LogP contribution in [0.3, 0.4) is 0 Å². The number of benzene rings is 4. The van der Waals surface area contributed by atoms with Crippen LogP contribution >= 0.6 is 0 Å². The summed E-state index contributed by atoms with van der Waals surface area (Å²) in [5.74, 6) is -1.82. The van der Waals surface area contributed by atoms with Crippen molar-refractivity contribution in [3.8, 4) is 5.75 Å². The van der Waals surface area contributed by atoms with Crippen LogP contribution in [0.1, 0.15) is 52.6 Å². The van der Waals surface area contributed by atoms with Gasteiger partial charge >= 0.3 is 0 Å². The van der Waals surface area contributed by atoms with Crippen molar-refractivity contribution in [3.05, 3.63) is 130 Å². The van der Waals surface area contributed by atoms with Gasteiger partial charge in [-0.05, 0) is 77.9 Å². The lowest BCUT2D eigenvalue weighted by Gasteiger charge is -2.15. The summed E-state index contributed by atoms with van der Waals surface area (Å²) in [6.07, 6.45) is 3.24. The van der Waals surface area contributed by atoms with Crippen molar-refractivity contribution in [1.29, 1.82) is 0 Å². The van der Waals surface area contributed by atoms with Gasteiger partial charge in [-0.3, -0.25) is 24.1 Å². The lowest BCUT2D eigenvalue weighted by atomic mass is 10.1. The van der Waals surface area contributed by atoms with E-state index < -0.39 is 17.7 Å². The maximum absolute atomic E-state index is 13.0. The van der Waals surface area contributed by atoms with Crippen LogP contribution in [0.5, 0.6) is 5.75 Å². The molecule has 4 aromatic rings. The van der Waals surface area contributed by atoms with Crippen molar-refractivity contribution >= 4 is 41.0 Å². The van der Waals surface area contributed by atoms with Gasteiger partial charge in [-0.1, -0.05) is 36.4 Å². The van der Waals surface area contributed by atoms with Crippen LogP contribution in [0.2, 0.25) is 0 Å². The van der Waals surface area contributed by atoms with Crippen LogP contribution in [0.25, 0.3) is 6.08 Å². The second-order valence-electron chi connectivity index (χ2n) is 9.81. The molecule has 1 aliphatic rings. The molecule has 0 spiro atoms. The molecule has 41 heavy (non-hydrogen) atoms. The lowest BCUT2D eigenvalue weighted by Crippen LogP contribution is -2.29. The molecule has 0 saturated carbocycles. The number of imide groups is 1. The number of aromatic hydroxyl groups is 1. The van der Waals surface area contributed by atoms with E-state index in [1.807, 2.05) is 43.3 Å². The molecule has 2 N–H and O–H groups in total. The van der Waals surface area contributed by atoms with Gasteiger partial charge < -0.3 is 15.3 Å². The molecule has 0 aliphatic carbocycles. The minimum Gasteiger partial charge on any atom is -0.507 e. The maximum Gasteiger partial charge on any atom is 0.261 e. The van der Waals surface area contributed by atoms with Crippen LogP contribution in [0.15, 0.2) is 97.1 Å². The first-order valence-corrected chi connectivity index (χ1v) is 12.9. The van der Waals surface area contributed by atoms with Crippen molar-refractivity contribution in [2.75, 3.05) is 24.3 Å². The molecule has 3 amide bonds. The third-order valence-corrected chi connectivity index (χ3v) is 6.79. The van der Waals surface area contributed by atoms with Crippen LogP contribution in [-0.2, 0) is 6.54 Å². The number of nitrogens with one attached hydrogen (secondary N) is 1. The average Bonchev–Trinajstić information content (AvgIpc) is 3.22. The number of rotatable bonds is 8. The van der Waals surface area contributed by atoms with E-state index in [2.05, 4.69) is 5.32 Å². The molecule has 0 unspecified atom stereocenters. The number of anilines is 2. The Labute approximate surface area is 237 Å². The summed E-state index contributed by atoms with van der Waals surface area (Å²) in [4.78, 5) is 54.1. The maximum atomic E-state index is 13.0. The van der Waals surface area contributed by atoms with Gasteiger partial charge in [0.2, 0.25) is 0 Å². The number of carbonyl (C=O) groups excluding carboxylic acids is 4. The Morgan fingerprint density at radius 2 is 1.49 bits per heavy atom. The monoisotopic (exact) mass is 545 g/mol. The molecule has 8 heteroatoms. The Hall–Kier alpha value is -5.50. The van der Waals surface area contributed by atoms with Crippen LogP contribution in [-0.4, -0.2) is 47.6 Å². The first-order chi connectivity index (χ1) is 19.7. The standard InChI is InChI=1S/C33H27N3O5/c1-35(2)25-15-7-21(8-16-25)9-17-29(37)23-11-13-24(14-12-23)34-31(39)28-19-22(10-18-30(28)38)20-36-32(40)26-5-3-4-6-27(26)33(36)41/h3-19,38H,20H2,1-2H3,(H,34,39)/b17-9+. The van der Waals surface area contributed by atoms with Gasteiger partial charge in [0.25, 0.3) is 17.7 Å². The van der Waals surface area contributed by atoms with Crippen molar-refractivity contribution in [1.82, 2.24) is 4.90 Å². The van der Waals surface area contributed by atoms with Crippen molar-refractivity contribution < 1.29 is 24.3 Å². The molecular weight excluding hydrogens is 518 g/mol. The third kappa shape index (κ3) is 5.77. The minimum absolute atomic E-state index is 0.0116. The molecule has 0 aromatic heterocycles. The number of hydrogen-bond donors (Lipinski definition) is 2. The van der Waals surface area contributed by atoms with Gasteiger partial charge in [0.05, 0.1) is 23.2 Å². The average molecular weight is 546 g/mol. The molecule has 5 rings (SSSR count). The number of fused-ring (bicyclic) bond motifs is 1. The molecule has 4 aromatic carbocycles. The summed E-state index contributed by atoms with van der Waals surface area (Å²) in [5.41, 5.74) is 4.02. The summed E-state index contributed by atoms with van der Waals surface area (Å²) < 4.78 is 0. The highest BCUT2D eigenvalue weighted by Gasteiger charge is 2.35. The summed E-state index contributed by atoms with van der Waals surface area (Å²) in [6, 6.07) is 25.2. The van der Waals surface area contributed by atoms with Crippen molar-refractivity contribution in [3.63, 3.8) is 0 Å². The molecule has 0 fully saturated rings. The topological polar surface area (TPSA) is 107 Å². The molecule has 1 heterocycles. The Morgan fingerprint density at radius 1 is 0.854 bits per heavy atom. The van der Waals surface area contributed by atoms with E-state index >= 15 is 0 Å². The first kappa shape index (κ1) is 27.1. The van der Waals surface area contributed by atoms with E-state index in [-0.39, 0.29) is 23.6 Å². The molecule has 0 atom stereocenters. The molecule has 204 valence electrons. The number of phenolic OH excluding ortho intramolecular Hbond substituents is 1. The normalized spacial score (nSPS) is 12.5. The summed E-state index contributed by atoms with van der Waals surface area (Å²) in [7, 11) is 3.92. The van der Waals surface area contributed by atoms with E-state index in [9.17, 15) is 24.3 Å². The second kappa shape index (κ2) is 11.3. The van der Waals surface area contributed by atoms with Crippen molar-refractivity contribution in [2.24, 2.45) is 0 Å². The minimum atomic E-state index is -0.577. The summed E-state index contributed by atoms with van der Waals surface area (Å²) in [6.45, 7) is -0.0446. The zero-order chi connectivity index (χ0) is 29.1. The van der Waals surface area contributed by atoms with Crippen LogP contribution in [0.4, 0.5) is 11.4 Å². The number of hydrogen-bond acceptors (Lipinski definition) is 6. The van der Waals surface area contributed by atoms with Gasteiger partial charge in [0.1, 0.15) is 5.75 Å². The van der Waals surface area contributed by atoms with Gasteiger partial charge in [-0.2, -0.15) is 0 Å². The fourth-order valence-electron chi connectivity index (χ4n) is 4.50. The van der Waals surface area contributed by atoms with Gasteiger partial charge in [0, 0.05) is 31.0 Å². The molecule has 0 bridgehead atoms. The fraction of sp³-hybridized carbons (Fsp3) is 0.0909. The Balaban J connectivity index is 1.23. The van der Waals surface area contributed by atoms with Crippen LogP contribution < -0.4 is 10.2 Å². The molecular formula is C33H27N3O5. The number of phenols is 1. The van der Waals surface area contributed by atoms with Crippen LogP contribution in [0, 0.1) is 0 Å². The predicted molar refractivity (Wildman–Crippen MR) is 157 cm³/mol. The highest BCUT2D eigenvalue weighted by atomic mass is 16.3. The Bertz CT molecular complexity index is 1650. The quantitative estimate of drug-likeness (QED) is 0.174. The van der Waals surface area contributed by atoms with Gasteiger partial charge in [-0.15, -0.1) is 0 Å². The number of amides is 3. The number of carbonyl (C=O) groups is 4. The number of allylic oxidation sites excluding steroid dienone is 1. The zero-order valence-corrected chi connectivity index (χ0v) is 22.5. The molecule has 0 radical (unpaired) electrons. The third-order valence-electron chi connectivity index (χ3n) is 6.79. The van der Waals surface area contributed by atoms with E-state index in [4.69, 9.17) is 0 Å². The Kier molecular flexibility index (Phi) is 7.47. The smallest absolute Gasteiger partial charge is 0.261 e. The van der Waals surface area contributed by atoms with E-state index in [1.54, 1.807) is 60.7 Å². The van der Waals surface area contributed by atoms with E-state index in [0.29, 0.717) is 27.9 Å². The van der Waals surface area contributed by atoms with E-state index in [0.717, 1.165) is 16.2 Å². The molecule has 1 aliphatic heterocycles. The van der Waals surface area contributed by atoms with Gasteiger partial charge in [-0.25, -0.2) is 0 Å². The lowest BCUT2D eigenvalue weighted by molar-refractivity contribution is 0.0642. The first-order valence-electron chi connectivity index (χ1n) is 12.9. The second-order valence-corrected chi connectivity index (χ2v) is 9.81. The summed E-state index contributed by atoms with van der Waals surface area (Å²) >= 11 is 0. The number of nitrogens with zero attached hydrogens (tertiary/aromatic N) is 2. The highest BCUT2D eigenvalue weighted by molar-refractivity contribution is 6.21. The highest BCUT2D eigenvalue weighted by Crippen LogP contribution is 2.26. The fourth-order valence-corrected chi connectivity index (χ4v) is 4.50. The number of ketones is 1. The van der Waals surface area contributed by atoms with Gasteiger partial charge in [0.15, 0.2) is 5.78 Å². The zero-order valence-electron chi connectivity index (χ0n) is 22.5. The summed E-state index contributed by atoms with van der Waals surface area (Å²) in [5, 5.41) is 13.0. The molecule has 8 nitrogen and oxygen atoms in total.